The van der Waals surface area contributed by atoms with Crippen molar-refractivity contribution in [3.63, 3.8) is 0 Å². The number of halogens is 3. The second-order valence-corrected chi connectivity index (χ2v) is 6.65. The predicted octanol–water partition coefficient (Wildman–Crippen LogP) is 2.45. The lowest BCUT2D eigenvalue weighted by Gasteiger charge is -2.30. The molecule has 0 unspecified atom stereocenters. The lowest BCUT2D eigenvalue weighted by Crippen LogP contribution is -2.46. The van der Waals surface area contributed by atoms with Gasteiger partial charge in [-0.05, 0) is 17.4 Å². The maximum atomic E-state index is 13.1. The summed E-state index contributed by atoms with van der Waals surface area (Å²) in [6.45, 7) is 1.11. The fourth-order valence-electron chi connectivity index (χ4n) is 3.06. The number of nitrogens with one attached hydrogen (secondary N) is 1. The fourth-order valence-corrected chi connectivity index (χ4v) is 3.06. The smallest absolute Gasteiger partial charge is 0.358 e. The molecule has 9 nitrogen and oxygen atoms in total. The molecule has 2 heterocycles. The molecule has 158 valence electrons. The minimum atomic E-state index is -5.08. The van der Waals surface area contributed by atoms with Gasteiger partial charge in [0.05, 0.1) is 5.69 Å². The predicted molar refractivity (Wildman–Crippen MR) is 98.7 cm³/mol. The van der Waals surface area contributed by atoms with Crippen LogP contribution in [0.3, 0.4) is 0 Å². The molecule has 0 aliphatic rings. The van der Waals surface area contributed by atoms with Crippen molar-refractivity contribution in [1.29, 1.82) is 0 Å². The first-order chi connectivity index (χ1) is 14.1. The van der Waals surface area contributed by atoms with Crippen molar-refractivity contribution in [2.45, 2.75) is 32.1 Å². The molecule has 1 amide bonds. The summed E-state index contributed by atoms with van der Waals surface area (Å²) in [6, 6.07) is 8.27. The van der Waals surface area contributed by atoms with Crippen LogP contribution in [0, 0.1) is 10.1 Å². The minimum absolute atomic E-state index is 0.120. The van der Waals surface area contributed by atoms with Gasteiger partial charge in [0.1, 0.15) is 6.20 Å². The van der Waals surface area contributed by atoms with Gasteiger partial charge in [-0.15, -0.1) is 0 Å². The Morgan fingerprint density at radius 3 is 2.60 bits per heavy atom. The van der Waals surface area contributed by atoms with E-state index in [1.165, 1.54) is 6.92 Å². The third kappa shape index (κ3) is 4.31. The van der Waals surface area contributed by atoms with Gasteiger partial charge in [-0.3, -0.25) is 9.59 Å². The molecular formula is C18H16F3N5O4. The number of H-pyrrole nitrogens is 1. The van der Waals surface area contributed by atoms with Crippen molar-refractivity contribution < 1.29 is 22.9 Å². The Balaban J connectivity index is 1.94. The highest BCUT2D eigenvalue weighted by molar-refractivity contribution is 5.82. The third-order valence-corrected chi connectivity index (χ3v) is 4.46. The maximum Gasteiger partial charge on any atom is 0.471 e. The summed E-state index contributed by atoms with van der Waals surface area (Å²) in [6.07, 6.45) is -4.35. The van der Waals surface area contributed by atoms with Crippen molar-refractivity contribution >= 4 is 17.4 Å². The number of rotatable bonds is 6. The lowest BCUT2D eigenvalue weighted by atomic mass is 10.1. The molecule has 0 saturated carbocycles. The summed E-state index contributed by atoms with van der Waals surface area (Å²) in [4.78, 5) is 38.8. The van der Waals surface area contributed by atoms with Crippen LogP contribution in [0.1, 0.15) is 18.2 Å². The molecule has 2 aromatic heterocycles. The number of hydrogen-bond donors (Lipinski definition) is 1. The van der Waals surface area contributed by atoms with Crippen LogP contribution in [0.4, 0.5) is 19.0 Å². The van der Waals surface area contributed by atoms with Crippen LogP contribution in [-0.4, -0.2) is 42.5 Å². The second-order valence-electron chi connectivity index (χ2n) is 6.65. The van der Waals surface area contributed by atoms with E-state index in [0.29, 0.717) is 10.5 Å². The van der Waals surface area contributed by atoms with E-state index in [1.807, 2.05) is 0 Å². The Bertz CT molecular complexity index is 1140. The van der Waals surface area contributed by atoms with Crippen molar-refractivity contribution in [2.24, 2.45) is 0 Å². The van der Waals surface area contributed by atoms with Crippen LogP contribution in [0.5, 0.6) is 0 Å². The monoisotopic (exact) mass is 423 g/mol. The number of benzene rings is 1. The molecule has 1 N–H and O–H groups in total. The van der Waals surface area contributed by atoms with Gasteiger partial charge >= 0.3 is 17.9 Å². The number of imidazole rings is 1. The van der Waals surface area contributed by atoms with Gasteiger partial charge in [0.15, 0.2) is 0 Å². The van der Waals surface area contributed by atoms with E-state index in [0.717, 1.165) is 16.8 Å². The summed E-state index contributed by atoms with van der Waals surface area (Å²) in [7, 11) is 0. The van der Waals surface area contributed by atoms with Crippen LogP contribution in [0.15, 0.2) is 47.4 Å². The first-order valence-corrected chi connectivity index (χ1v) is 8.73. The molecule has 30 heavy (non-hydrogen) atoms. The highest BCUT2D eigenvalue weighted by Crippen LogP contribution is 2.23. The Kier molecular flexibility index (Phi) is 5.58. The number of fused-ring (bicyclic) bond motifs is 1. The van der Waals surface area contributed by atoms with Crippen LogP contribution in [0.2, 0.25) is 0 Å². The van der Waals surface area contributed by atoms with Crippen LogP contribution in [-0.2, 0) is 17.8 Å². The minimum Gasteiger partial charge on any atom is -0.358 e. The van der Waals surface area contributed by atoms with E-state index in [1.54, 1.807) is 30.3 Å². The Morgan fingerprint density at radius 1 is 1.33 bits per heavy atom. The molecule has 0 saturated heterocycles. The van der Waals surface area contributed by atoms with Gasteiger partial charge in [-0.1, -0.05) is 34.8 Å². The highest BCUT2D eigenvalue weighted by atomic mass is 19.4. The molecule has 0 aliphatic heterocycles. The normalized spacial score (nSPS) is 12.7. The summed E-state index contributed by atoms with van der Waals surface area (Å²) in [5.74, 6) is -2.51. The topological polar surface area (TPSA) is 114 Å². The molecule has 0 bridgehead atoms. The van der Waals surface area contributed by atoms with E-state index >= 15 is 0 Å². The van der Waals surface area contributed by atoms with Gasteiger partial charge in [-0.25, -0.2) is 10.1 Å². The third-order valence-electron chi connectivity index (χ3n) is 4.46. The van der Waals surface area contributed by atoms with E-state index in [2.05, 4.69) is 10.1 Å². The number of nitro groups is 1. The molecule has 0 radical (unpaired) electrons. The molecule has 1 aromatic carbocycles. The zero-order valence-corrected chi connectivity index (χ0v) is 15.6. The maximum absolute atomic E-state index is 13.1. The van der Waals surface area contributed by atoms with Crippen LogP contribution < -0.4 is 5.43 Å². The molecule has 1 atom stereocenters. The second kappa shape index (κ2) is 7.97. The SMILES string of the molecule is C[C@H](Cc1cc(=O)c2ncc([N+](=O)[O-])n2[nH]1)N(Cc1ccccc1)C(=O)C(F)(F)F. The molecule has 0 fully saturated rings. The highest BCUT2D eigenvalue weighted by Gasteiger charge is 2.44. The molecular weight excluding hydrogens is 407 g/mol. The largest absolute Gasteiger partial charge is 0.471 e. The number of nitrogens with zero attached hydrogens (tertiary/aromatic N) is 4. The van der Waals surface area contributed by atoms with Gasteiger partial charge < -0.3 is 15.0 Å². The Hall–Kier alpha value is -3.70. The van der Waals surface area contributed by atoms with Crippen molar-refractivity contribution in [3.05, 3.63) is 74.2 Å². The molecule has 3 aromatic rings. The van der Waals surface area contributed by atoms with E-state index in [4.69, 9.17) is 0 Å². The van der Waals surface area contributed by atoms with E-state index < -0.39 is 34.3 Å². The average Bonchev–Trinajstić information content (AvgIpc) is 3.10. The number of carbonyl (C=O) groups excluding carboxylic acids is 1. The summed E-state index contributed by atoms with van der Waals surface area (Å²) < 4.78 is 40.3. The molecule has 0 spiro atoms. The first kappa shape index (κ1) is 21.0. The van der Waals surface area contributed by atoms with Gasteiger partial charge in [0.2, 0.25) is 5.43 Å². The summed E-state index contributed by atoms with van der Waals surface area (Å²) in [5, 5.41) is 13.7. The van der Waals surface area contributed by atoms with E-state index in [-0.39, 0.29) is 24.3 Å². The zero-order valence-electron chi connectivity index (χ0n) is 15.6. The lowest BCUT2D eigenvalue weighted by molar-refractivity contribution is -0.391. The quantitative estimate of drug-likeness (QED) is 0.483. The van der Waals surface area contributed by atoms with E-state index in [9.17, 15) is 32.9 Å². The number of aromatic amines is 1. The van der Waals surface area contributed by atoms with Crippen LogP contribution >= 0.6 is 0 Å². The molecule has 3 rings (SSSR count). The molecule has 0 aliphatic carbocycles. The van der Waals surface area contributed by atoms with Gasteiger partial charge in [0.25, 0.3) is 5.65 Å². The fraction of sp³-hybridized carbons (Fsp3) is 0.278. The zero-order chi connectivity index (χ0) is 22.1. The number of hydrogen-bond acceptors (Lipinski definition) is 5. The van der Waals surface area contributed by atoms with Crippen LogP contribution in [0.25, 0.3) is 5.65 Å². The van der Waals surface area contributed by atoms with Gasteiger partial charge in [-0.2, -0.15) is 13.2 Å². The molecule has 12 heteroatoms. The van der Waals surface area contributed by atoms with Gasteiger partial charge in [0, 0.05) is 25.1 Å². The van der Waals surface area contributed by atoms with Crippen molar-refractivity contribution in [3.8, 4) is 0 Å². The number of amides is 1. The number of carbonyl (C=O) groups is 1. The summed E-state index contributed by atoms with van der Waals surface area (Å²) in [5.41, 5.74) is -0.239. The number of alkyl halides is 3. The average molecular weight is 423 g/mol. The number of aromatic nitrogens is 3. The Labute approximate surface area is 166 Å². The summed E-state index contributed by atoms with van der Waals surface area (Å²) >= 11 is 0. The Morgan fingerprint density at radius 2 is 2.00 bits per heavy atom. The standard InChI is InChI=1S/C18H16F3N5O4/c1-11(24(17(28)18(19,20)21)10-12-5-3-2-4-6-12)7-13-8-14(27)16-22-9-15(26(29)30)25(16)23-13/h2-6,8-9,11,23H,7,10H2,1H3/t11-/m1/s1. The van der Waals surface area contributed by atoms with Crippen molar-refractivity contribution in [1.82, 2.24) is 19.5 Å². The van der Waals surface area contributed by atoms with Crippen molar-refractivity contribution in [2.75, 3.05) is 0 Å². The first-order valence-electron chi connectivity index (χ1n) is 8.73.